The molecule has 14 nitrogen and oxygen atoms in total. The highest BCUT2D eigenvalue weighted by Gasteiger charge is 2.17. The molecule has 254 valence electrons. The van der Waals surface area contributed by atoms with Crippen molar-refractivity contribution in [2.75, 3.05) is 66.4 Å². The summed E-state index contributed by atoms with van der Waals surface area (Å²) in [6.45, 7) is 3.77. The van der Waals surface area contributed by atoms with Crippen LogP contribution in [0.3, 0.4) is 0 Å². The zero-order valence-corrected chi connectivity index (χ0v) is 26.4. The first-order valence-corrected chi connectivity index (χ1v) is 15.5. The Morgan fingerprint density at radius 3 is 2.02 bits per heavy atom. The van der Waals surface area contributed by atoms with E-state index in [1.165, 1.54) is 44.4 Å². The fraction of sp³-hybridized carbons (Fsp3) is 0.414. The number of aliphatic imine (C=N–C) groups is 1. The molecular weight excluding hydrogens is 632 g/mol. The lowest BCUT2D eigenvalue weighted by Crippen LogP contribution is -2.28. The number of carbonyl (C=O) groups excluding carboxylic acids is 2. The summed E-state index contributed by atoms with van der Waals surface area (Å²) in [4.78, 5) is 26.5. The molecule has 0 spiro atoms. The van der Waals surface area contributed by atoms with Crippen LogP contribution in [-0.4, -0.2) is 92.6 Å². The lowest BCUT2D eigenvalue weighted by Gasteiger charge is -2.11. The summed E-state index contributed by atoms with van der Waals surface area (Å²) in [6.07, 6.45) is 1.50. The van der Waals surface area contributed by atoms with Gasteiger partial charge in [0.05, 0.1) is 51.1 Å². The van der Waals surface area contributed by atoms with E-state index in [1.54, 1.807) is 0 Å². The van der Waals surface area contributed by atoms with Crippen molar-refractivity contribution in [3.63, 3.8) is 0 Å². The maximum atomic E-state index is 14.6. The first-order chi connectivity index (χ1) is 21.9. The lowest BCUT2D eigenvalue weighted by molar-refractivity contribution is -0.122. The molecule has 0 saturated carbocycles. The molecule has 0 aliphatic carbocycles. The summed E-state index contributed by atoms with van der Waals surface area (Å²) in [7, 11) is -2.37. The van der Waals surface area contributed by atoms with Gasteiger partial charge in [0.25, 0.3) is 5.91 Å². The Morgan fingerprint density at radius 1 is 0.891 bits per heavy atom. The number of nitrogens with two attached hydrogens (primary N) is 2. The van der Waals surface area contributed by atoms with Crippen molar-refractivity contribution in [2.24, 2.45) is 16.5 Å². The monoisotopic (exact) mass is 671 g/mol. The SMILES string of the molecule is COCCC(=O)NCCOCCOCCOCCNS(=O)(=O)c1ccc(Oc2c(F)cc(/C=C(\C)C(=O)N=C(N)N)cc2F)cc1. The van der Waals surface area contributed by atoms with E-state index in [0.717, 1.165) is 12.1 Å². The van der Waals surface area contributed by atoms with Gasteiger partial charge < -0.3 is 40.5 Å². The first kappa shape index (κ1) is 38.2. The summed E-state index contributed by atoms with van der Waals surface area (Å²) in [5.41, 5.74) is 10.4. The second-order valence-electron chi connectivity index (χ2n) is 9.38. The molecule has 2 amide bonds. The maximum absolute atomic E-state index is 14.6. The van der Waals surface area contributed by atoms with E-state index >= 15 is 0 Å². The molecule has 2 rings (SSSR count). The van der Waals surface area contributed by atoms with Crippen LogP contribution < -0.4 is 26.2 Å². The first-order valence-electron chi connectivity index (χ1n) is 14.0. The van der Waals surface area contributed by atoms with E-state index in [1.807, 2.05) is 0 Å². The second kappa shape index (κ2) is 20.2. The van der Waals surface area contributed by atoms with Crippen LogP contribution in [0.25, 0.3) is 6.08 Å². The lowest BCUT2D eigenvalue weighted by atomic mass is 10.1. The Labute approximate surface area is 266 Å². The number of hydrogen-bond donors (Lipinski definition) is 4. The normalized spacial score (nSPS) is 11.7. The Morgan fingerprint density at radius 2 is 1.46 bits per heavy atom. The zero-order valence-electron chi connectivity index (χ0n) is 25.6. The molecule has 0 bridgehead atoms. The van der Waals surface area contributed by atoms with Crippen LogP contribution in [0.15, 0.2) is 51.9 Å². The number of carbonyl (C=O) groups is 2. The number of nitrogens with one attached hydrogen (secondary N) is 2. The van der Waals surface area contributed by atoms with Gasteiger partial charge in [0.2, 0.25) is 15.9 Å². The number of rotatable bonds is 21. The van der Waals surface area contributed by atoms with Gasteiger partial charge in [0.1, 0.15) is 5.75 Å². The third-order valence-corrected chi connectivity index (χ3v) is 7.19. The summed E-state index contributed by atoms with van der Waals surface area (Å²) in [5, 5.41) is 2.70. The van der Waals surface area contributed by atoms with Crippen LogP contribution in [0.4, 0.5) is 8.78 Å². The molecule has 2 aromatic carbocycles. The molecule has 0 heterocycles. The molecule has 46 heavy (non-hydrogen) atoms. The third-order valence-electron chi connectivity index (χ3n) is 5.71. The van der Waals surface area contributed by atoms with E-state index in [9.17, 15) is 26.8 Å². The molecule has 0 aliphatic heterocycles. The van der Waals surface area contributed by atoms with Crippen molar-refractivity contribution in [1.29, 1.82) is 0 Å². The predicted molar refractivity (Wildman–Crippen MR) is 164 cm³/mol. The van der Waals surface area contributed by atoms with Gasteiger partial charge in [-0.3, -0.25) is 9.59 Å². The van der Waals surface area contributed by atoms with Crippen LogP contribution >= 0.6 is 0 Å². The molecule has 0 atom stereocenters. The largest absolute Gasteiger partial charge is 0.451 e. The summed E-state index contributed by atoms with van der Waals surface area (Å²) in [5.74, 6) is -4.16. The van der Waals surface area contributed by atoms with Crippen molar-refractivity contribution in [1.82, 2.24) is 10.0 Å². The van der Waals surface area contributed by atoms with Gasteiger partial charge in [-0.25, -0.2) is 21.9 Å². The molecular formula is C29H39F2N5O9S. The van der Waals surface area contributed by atoms with E-state index in [2.05, 4.69) is 15.0 Å². The number of halogens is 2. The van der Waals surface area contributed by atoms with Gasteiger partial charge in [-0.15, -0.1) is 0 Å². The van der Waals surface area contributed by atoms with Gasteiger partial charge in [0, 0.05) is 32.2 Å². The van der Waals surface area contributed by atoms with E-state index in [-0.39, 0.29) is 54.1 Å². The van der Waals surface area contributed by atoms with E-state index in [0.29, 0.717) is 39.4 Å². The maximum Gasteiger partial charge on any atom is 0.275 e. The van der Waals surface area contributed by atoms with Gasteiger partial charge in [-0.05, 0) is 55.0 Å². The van der Waals surface area contributed by atoms with Crippen LogP contribution in [0, 0.1) is 11.6 Å². The van der Waals surface area contributed by atoms with Crippen LogP contribution in [0.2, 0.25) is 0 Å². The minimum Gasteiger partial charge on any atom is -0.451 e. The second-order valence-corrected chi connectivity index (χ2v) is 11.2. The number of hydrogen-bond acceptors (Lipinski definition) is 9. The number of guanidine groups is 1. The Kier molecular flexibility index (Phi) is 16.8. The molecule has 0 fully saturated rings. The molecule has 2 aromatic rings. The van der Waals surface area contributed by atoms with Crippen LogP contribution in [0.1, 0.15) is 18.9 Å². The predicted octanol–water partition coefficient (Wildman–Crippen LogP) is 1.44. The number of methoxy groups -OCH3 is 1. The third kappa shape index (κ3) is 14.4. The molecule has 0 unspecified atom stereocenters. The van der Waals surface area contributed by atoms with Crippen molar-refractivity contribution in [2.45, 2.75) is 18.2 Å². The van der Waals surface area contributed by atoms with Crippen molar-refractivity contribution < 1.29 is 50.5 Å². The van der Waals surface area contributed by atoms with E-state index in [4.69, 9.17) is 35.2 Å². The number of amides is 2. The zero-order chi connectivity index (χ0) is 34.0. The van der Waals surface area contributed by atoms with Crippen LogP contribution in [-0.2, 0) is 38.6 Å². The topological polar surface area (TPSA) is 203 Å². The fourth-order valence-corrected chi connectivity index (χ4v) is 4.51. The standard InChI is InChI=1S/C29H39F2N5O9S/c1-20(28(38)36-29(32)33)17-21-18-24(30)27(25(31)19-21)45-22-3-5-23(6-4-22)46(39,40)35-9-12-43-14-16-44-15-13-42-11-8-34-26(37)7-10-41-2/h3-6,17-19,35H,7-16H2,1-2H3,(H,34,37)(H4,32,33,36,38)/b20-17+. The number of ether oxygens (including phenoxy) is 5. The Balaban J connectivity index is 1.70. The Bertz CT molecular complexity index is 1430. The molecule has 0 radical (unpaired) electrons. The highest BCUT2D eigenvalue weighted by atomic mass is 32.2. The summed E-state index contributed by atoms with van der Waals surface area (Å²) < 4.78 is 83.0. The van der Waals surface area contributed by atoms with Gasteiger partial charge >= 0.3 is 0 Å². The number of sulfonamides is 1. The van der Waals surface area contributed by atoms with Gasteiger partial charge in [-0.1, -0.05) is 0 Å². The van der Waals surface area contributed by atoms with Gasteiger partial charge in [-0.2, -0.15) is 4.99 Å². The van der Waals surface area contributed by atoms with Gasteiger partial charge in [0.15, 0.2) is 23.3 Å². The van der Waals surface area contributed by atoms with Crippen molar-refractivity contribution in [3.05, 3.63) is 59.2 Å². The highest BCUT2D eigenvalue weighted by Crippen LogP contribution is 2.30. The minimum atomic E-state index is -3.89. The minimum absolute atomic E-state index is 0.00591. The van der Waals surface area contributed by atoms with E-state index < -0.39 is 39.3 Å². The Hall–Kier alpha value is -4.00. The molecule has 0 aliphatic rings. The summed E-state index contributed by atoms with van der Waals surface area (Å²) >= 11 is 0. The molecule has 0 saturated heterocycles. The van der Waals surface area contributed by atoms with Crippen molar-refractivity contribution in [3.8, 4) is 11.5 Å². The highest BCUT2D eigenvalue weighted by molar-refractivity contribution is 7.89. The molecule has 0 aromatic heterocycles. The smallest absolute Gasteiger partial charge is 0.275 e. The quantitative estimate of drug-likeness (QED) is 0.0647. The molecule has 6 N–H and O–H groups in total. The number of benzene rings is 2. The number of nitrogens with zero attached hydrogens (tertiary/aromatic N) is 1. The fourth-order valence-electron chi connectivity index (χ4n) is 3.50. The van der Waals surface area contributed by atoms with Crippen LogP contribution in [0.5, 0.6) is 11.5 Å². The average molecular weight is 672 g/mol. The van der Waals surface area contributed by atoms with Crippen molar-refractivity contribution >= 4 is 33.9 Å². The summed E-state index contributed by atoms with van der Waals surface area (Å²) in [6, 6.07) is 6.83. The average Bonchev–Trinajstić information content (AvgIpc) is 3.00. The molecule has 17 heteroatoms.